The van der Waals surface area contributed by atoms with Crippen molar-refractivity contribution in [2.75, 3.05) is 0 Å². The minimum absolute atomic E-state index is 0.236. The lowest BCUT2D eigenvalue weighted by Gasteiger charge is -2.42. The van der Waals surface area contributed by atoms with Crippen molar-refractivity contribution >= 4 is 11.8 Å². The van der Waals surface area contributed by atoms with Gasteiger partial charge < -0.3 is 4.74 Å². The molecule has 3 rings (SSSR count). The molecule has 2 bridgehead atoms. The van der Waals surface area contributed by atoms with Crippen molar-refractivity contribution in [2.45, 2.75) is 38.7 Å². The predicted molar refractivity (Wildman–Crippen MR) is 84.0 cm³/mol. The first kappa shape index (κ1) is 15.0. The van der Waals surface area contributed by atoms with Crippen molar-refractivity contribution in [1.29, 1.82) is 0 Å². The van der Waals surface area contributed by atoms with E-state index in [1.165, 1.54) is 12.5 Å². The van der Waals surface area contributed by atoms with Crippen molar-refractivity contribution in [3.05, 3.63) is 48.0 Å². The maximum absolute atomic E-state index is 12.7. The fraction of sp³-hybridized carbons (Fsp3) is 0.474. The molecular weight excluding hydrogens is 276 g/mol. The molecule has 0 aromatic heterocycles. The smallest absolute Gasteiger partial charge is 0.303 e. The summed E-state index contributed by atoms with van der Waals surface area (Å²) in [4.78, 5) is 24.3. The van der Waals surface area contributed by atoms with Gasteiger partial charge in [0.2, 0.25) is 0 Å². The monoisotopic (exact) mass is 298 g/mol. The first-order chi connectivity index (χ1) is 10.5. The van der Waals surface area contributed by atoms with E-state index in [0.29, 0.717) is 12.3 Å². The number of carbonyl (C=O) groups excluding carboxylic acids is 2. The minimum atomic E-state index is -0.469. The van der Waals surface area contributed by atoms with E-state index in [9.17, 15) is 9.59 Å². The van der Waals surface area contributed by atoms with E-state index < -0.39 is 6.10 Å². The average molecular weight is 298 g/mol. The second-order valence-electron chi connectivity index (χ2n) is 6.66. The molecule has 4 atom stereocenters. The molecule has 1 unspecified atom stereocenters. The molecule has 2 fully saturated rings. The molecule has 0 radical (unpaired) electrons. The number of ketones is 1. The quantitative estimate of drug-likeness (QED) is 0.629. The fourth-order valence-corrected chi connectivity index (χ4v) is 4.16. The first-order valence-corrected chi connectivity index (χ1v) is 7.96. The van der Waals surface area contributed by atoms with E-state index >= 15 is 0 Å². The Bertz CT molecular complexity index is 590. The zero-order chi connectivity index (χ0) is 15.7. The summed E-state index contributed by atoms with van der Waals surface area (Å²) < 4.78 is 5.58. The lowest BCUT2D eigenvalue weighted by Crippen LogP contribution is -2.40. The van der Waals surface area contributed by atoms with Gasteiger partial charge in [0.25, 0.3) is 0 Å². The van der Waals surface area contributed by atoms with Crippen LogP contribution in [-0.2, 0) is 14.3 Å². The standard InChI is InChI=1S/C19H22O3/c1-12-8-14-10-16(9-12)18(17(21)11-14)19(22-13(2)20)15-6-4-3-5-7-15/h3-7,14,16,18-19H,1,8-11H2,2H3/t14-,16+,18-,19?/m1/s1. The lowest BCUT2D eigenvalue weighted by molar-refractivity contribution is -0.156. The number of hydrogen-bond donors (Lipinski definition) is 0. The van der Waals surface area contributed by atoms with E-state index in [2.05, 4.69) is 6.58 Å². The molecule has 1 aromatic rings. The summed E-state index contributed by atoms with van der Waals surface area (Å²) in [6, 6.07) is 9.63. The number of allylic oxidation sites excluding steroid dienone is 1. The van der Waals surface area contributed by atoms with Gasteiger partial charge in [0.1, 0.15) is 11.9 Å². The second-order valence-corrected chi connectivity index (χ2v) is 6.66. The summed E-state index contributed by atoms with van der Waals surface area (Å²) >= 11 is 0. The second kappa shape index (κ2) is 6.07. The summed E-state index contributed by atoms with van der Waals surface area (Å²) in [6.45, 7) is 5.54. The molecule has 2 saturated carbocycles. The molecule has 0 N–H and O–H groups in total. The molecule has 116 valence electrons. The van der Waals surface area contributed by atoms with Crippen LogP contribution in [0.4, 0.5) is 0 Å². The van der Waals surface area contributed by atoms with Crippen molar-refractivity contribution in [1.82, 2.24) is 0 Å². The highest BCUT2D eigenvalue weighted by molar-refractivity contribution is 5.84. The topological polar surface area (TPSA) is 43.4 Å². The molecule has 0 aliphatic heterocycles. The molecule has 3 nitrogen and oxygen atoms in total. The zero-order valence-electron chi connectivity index (χ0n) is 13.0. The zero-order valence-corrected chi connectivity index (χ0v) is 13.0. The Hall–Kier alpha value is -1.90. The Morgan fingerprint density at radius 3 is 2.64 bits per heavy atom. The number of esters is 1. The number of rotatable bonds is 3. The van der Waals surface area contributed by atoms with Gasteiger partial charge >= 0.3 is 5.97 Å². The SMILES string of the molecule is C=C1C[C@H]2CC(=O)[C@H](C(OC(C)=O)c3ccccc3)[C@@H](C1)C2. The Balaban J connectivity index is 1.93. The van der Waals surface area contributed by atoms with Gasteiger partial charge in [-0.25, -0.2) is 0 Å². The number of carbonyl (C=O) groups is 2. The molecule has 0 heterocycles. The molecule has 2 aliphatic carbocycles. The van der Waals surface area contributed by atoms with Gasteiger partial charge in [0.15, 0.2) is 0 Å². The predicted octanol–water partition coefficient (Wildman–Crippen LogP) is 3.85. The molecule has 0 amide bonds. The molecule has 0 saturated heterocycles. The van der Waals surface area contributed by atoms with Crippen LogP contribution in [0, 0.1) is 17.8 Å². The van der Waals surface area contributed by atoms with Gasteiger partial charge in [0, 0.05) is 13.3 Å². The summed E-state index contributed by atoms with van der Waals surface area (Å²) in [5, 5.41) is 0. The normalized spacial score (nSPS) is 29.0. The fourth-order valence-electron chi connectivity index (χ4n) is 4.16. The van der Waals surface area contributed by atoms with Gasteiger partial charge in [-0.2, -0.15) is 0 Å². The minimum Gasteiger partial charge on any atom is -0.457 e. The van der Waals surface area contributed by atoms with Crippen molar-refractivity contribution in [2.24, 2.45) is 17.8 Å². The summed E-state index contributed by atoms with van der Waals surface area (Å²) in [5.41, 5.74) is 2.14. The Morgan fingerprint density at radius 2 is 1.95 bits per heavy atom. The average Bonchev–Trinajstić information content (AvgIpc) is 2.45. The largest absolute Gasteiger partial charge is 0.457 e. The maximum Gasteiger partial charge on any atom is 0.303 e. The van der Waals surface area contributed by atoms with Crippen LogP contribution >= 0.6 is 0 Å². The molecule has 22 heavy (non-hydrogen) atoms. The third kappa shape index (κ3) is 2.99. The number of hydrogen-bond acceptors (Lipinski definition) is 3. The Kier molecular flexibility index (Phi) is 4.14. The maximum atomic E-state index is 12.7. The van der Waals surface area contributed by atoms with E-state index in [0.717, 1.165) is 24.8 Å². The van der Waals surface area contributed by atoms with Crippen LogP contribution in [0.1, 0.15) is 44.3 Å². The highest BCUT2D eigenvalue weighted by Crippen LogP contribution is 2.48. The Labute approximate surface area is 131 Å². The summed E-state index contributed by atoms with van der Waals surface area (Å²) in [6.07, 6.45) is 3.00. The van der Waals surface area contributed by atoms with E-state index in [-0.39, 0.29) is 23.6 Å². The number of fused-ring (bicyclic) bond motifs is 2. The van der Waals surface area contributed by atoms with Gasteiger partial charge in [0.05, 0.1) is 5.92 Å². The van der Waals surface area contributed by atoms with Crippen molar-refractivity contribution < 1.29 is 14.3 Å². The molecule has 1 aromatic carbocycles. The third-order valence-electron chi connectivity index (χ3n) is 4.88. The van der Waals surface area contributed by atoms with Crippen LogP contribution in [0.5, 0.6) is 0 Å². The molecule has 2 aliphatic rings. The highest BCUT2D eigenvalue weighted by atomic mass is 16.5. The first-order valence-electron chi connectivity index (χ1n) is 7.96. The third-order valence-corrected chi connectivity index (χ3v) is 4.88. The van der Waals surface area contributed by atoms with Gasteiger partial charge in [-0.1, -0.05) is 42.5 Å². The molecular formula is C19H22O3. The van der Waals surface area contributed by atoms with Gasteiger partial charge in [-0.15, -0.1) is 0 Å². The number of Topliss-reactive ketones (excluding diaryl/α,β-unsaturated/α-hetero) is 1. The summed E-state index contributed by atoms with van der Waals surface area (Å²) in [5.74, 6) is 0.350. The Morgan fingerprint density at radius 1 is 1.23 bits per heavy atom. The van der Waals surface area contributed by atoms with Crippen LogP contribution in [0.3, 0.4) is 0 Å². The van der Waals surface area contributed by atoms with Crippen molar-refractivity contribution in [3.8, 4) is 0 Å². The highest BCUT2D eigenvalue weighted by Gasteiger charge is 2.45. The number of benzene rings is 1. The lowest BCUT2D eigenvalue weighted by atomic mass is 9.63. The van der Waals surface area contributed by atoms with Crippen LogP contribution in [-0.4, -0.2) is 11.8 Å². The van der Waals surface area contributed by atoms with Crippen molar-refractivity contribution in [3.63, 3.8) is 0 Å². The molecule has 3 heteroatoms. The van der Waals surface area contributed by atoms with Crippen LogP contribution in [0.2, 0.25) is 0 Å². The summed E-state index contributed by atoms with van der Waals surface area (Å²) in [7, 11) is 0. The van der Waals surface area contributed by atoms with Crippen LogP contribution < -0.4 is 0 Å². The molecule has 0 spiro atoms. The van der Waals surface area contributed by atoms with Gasteiger partial charge in [-0.3, -0.25) is 9.59 Å². The van der Waals surface area contributed by atoms with Crippen LogP contribution in [0.15, 0.2) is 42.5 Å². The van der Waals surface area contributed by atoms with E-state index in [4.69, 9.17) is 4.74 Å². The number of ether oxygens (including phenoxy) is 1. The van der Waals surface area contributed by atoms with Gasteiger partial charge in [-0.05, 0) is 36.7 Å². The van der Waals surface area contributed by atoms with E-state index in [1.807, 2.05) is 30.3 Å². The van der Waals surface area contributed by atoms with Crippen LogP contribution in [0.25, 0.3) is 0 Å². The van der Waals surface area contributed by atoms with E-state index in [1.54, 1.807) is 0 Å².